The molecule has 90 valence electrons. The number of rotatable bonds is 7. The van der Waals surface area contributed by atoms with Crippen molar-refractivity contribution in [2.75, 3.05) is 0 Å². The summed E-state index contributed by atoms with van der Waals surface area (Å²) in [5.74, 6) is 0.174. The van der Waals surface area contributed by atoms with Crippen molar-refractivity contribution in [3.05, 3.63) is 28.8 Å². The molecule has 0 radical (unpaired) electrons. The minimum absolute atomic E-state index is 0.174. The zero-order chi connectivity index (χ0) is 11.8. The smallest absolute Gasteiger partial charge is 0.134 e. The molecule has 0 aliphatic heterocycles. The standard InChI is InChI=1S/C14H21ClO/c1-2-3-4-5-6-7-8-12-9-10-14(16)13(15)11-12/h9-11,16H,2-8H2,1H3. The van der Waals surface area contributed by atoms with Gasteiger partial charge in [-0.1, -0.05) is 56.7 Å². The summed E-state index contributed by atoms with van der Waals surface area (Å²) in [6.07, 6.45) is 8.90. The average Bonchev–Trinajstić information content (AvgIpc) is 2.28. The third kappa shape index (κ3) is 4.89. The van der Waals surface area contributed by atoms with Gasteiger partial charge in [-0.25, -0.2) is 0 Å². The number of phenols is 1. The highest BCUT2D eigenvalue weighted by molar-refractivity contribution is 6.32. The molecule has 2 heteroatoms. The van der Waals surface area contributed by atoms with Crippen molar-refractivity contribution in [1.82, 2.24) is 0 Å². The second-order valence-corrected chi connectivity index (χ2v) is 4.71. The summed E-state index contributed by atoms with van der Waals surface area (Å²) < 4.78 is 0. The normalized spacial score (nSPS) is 10.6. The predicted octanol–water partition coefficient (Wildman–Crippen LogP) is 4.95. The molecule has 0 amide bonds. The van der Waals surface area contributed by atoms with Crippen LogP contribution >= 0.6 is 11.6 Å². The van der Waals surface area contributed by atoms with Crippen LogP contribution in [0, 0.1) is 0 Å². The number of aryl methyl sites for hydroxylation is 1. The average molecular weight is 241 g/mol. The van der Waals surface area contributed by atoms with Crippen molar-refractivity contribution in [2.45, 2.75) is 51.9 Å². The van der Waals surface area contributed by atoms with Gasteiger partial charge >= 0.3 is 0 Å². The Bertz CT molecular complexity index is 310. The SMILES string of the molecule is CCCCCCCCc1ccc(O)c(Cl)c1. The minimum Gasteiger partial charge on any atom is -0.506 e. The zero-order valence-electron chi connectivity index (χ0n) is 10.0. The lowest BCUT2D eigenvalue weighted by molar-refractivity contribution is 0.475. The lowest BCUT2D eigenvalue weighted by atomic mass is 10.0. The van der Waals surface area contributed by atoms with Crippen molar-refractivity contribution in [3.8, 4) is 5.75 Å². The molecule has 0 aromatic heterocycles. The van der Waals surface area contributed by atoms with Gasteiger partial charge in [0.05, 0.1) is 5.02 Å². The lowest BCUT2D eigenvalue weighted by Gasteiger charge is -2.03. The van der Waals surface area contributed by atoms with Gasteiger partial charge in [-0.2, -0.15) is 0 Å². The third-order valence-corrected chi connectivity index (χ3v) is 3.13. The maximum atomic E-state index is 9.28. The fourth-order valence-electron chi connectivity index (χ4n) is 1.82. The fraction of sp³-hybridized carbons (Fsp3) is 0.571. The van der Waals surface area contributed by atoms with Crippen LogP contribution in [0.15, 0.2) is 18.2 Å². The van der Waals surface area contributed by atoms with Gasteiger partial charge in [-0.15, -0.1) is 0 Å². The van der Waals surface area contributed by atoms with Crippen LogP contribution in [0.25, 0.3) is 0 Å². The van der Waals surface area contributed by atoms with Gasteiger partial charge in [0, 0.05) is 0 Å². The van der Waals surface area contributed by atoms with Crippen molar-refractivity contribution in [3.63, 3.8) is 0 Å². The maximum Gasteiger partial charge on any atom is 0.134 e. The van der Waals surface area contributed by atoms with E-state index in [1.807, 2.05) is 12.1 Å². The van der Waals surface area contributed by atoms with E-state index in [0.29, 0.717) is 5.02 Å². The summed E-state index contributed by atoms with van der Waals surface area (Å²) in [5, 5.41) is 9.74. The van der Waals surface area contributed by atoms with Gasteiger partial charge in [-0.3, -0.25) is 0 Å². The topological polar surface area (TPSA) is 20.2 Å². The van der Waals surface area contributed by atoms with Crippen LogP contribution in [0.4, 0.5) is 0 Å². The molecule has 16 heavy (non-hydrogen) atoms. The Morgan fingerprint density at radius 3 is 2.44 bits per heavy atom. The Morgan fingerprint density at radius 1 is 1.06 bits per heavy atom. The van der Waals surface area contributed by atoms with E-state index in [1.54, 1.807) is 6.07 Å². The number of hydrogen-bond acceptors (Lipinski definition) is 1. The van der Waals surface area contributed by atoms with Gasteiger partial charge in [0.2, 0.25) is 0 Å². The molecule has 0 aliphatic rings. The first-order valence-electron chi connectivity index (χ1n) is 6.21. The molecule has 0 bridgehead atoms. The molecule has 0 fully saturated rings. The lowest BCUT2D eigenvalue weighted by Crippen LogP contribution is -1.86. The van der Waals surface area contributed by atoms with E-state index in [1.165, 1.54) is 44.1 Å². The molecule has 1 aromatic rings. The summed E-state index contributed by atoms with van der Waals surface area (Å²) in [4.78, 5) is 0. The van der Waals surface area contributed by atoms with Crippen LogP contribution in [-0.4, -0.2) is 5.11 Å². The van der Waals surface area contributed by atoms with E-state index in [2.05, 4.69) is 6.92 Å². The van der Waals surface area contributed by atoms with E-state index in [9.17, 15) is 5.11 Å². The second-order valence-electron chi connectivity index (χ2n) is 4.30. The Kier molecular flexibility index (Phi) is 6.32. The first-order valence-corrected chi connectivity index (χ1v) is 6.59. The molecule has 1 rings (SSSR count). The van der Waals surface area contributed by atoms with Crippen LogP contribution in [-0.2, 0) is 6.42 Å². The highest BCUT2D eigenvalue weighted by Crippen LogP contribution is 2.24. The van der Waals surface area contributed by atoms with Crippen molar-refractivity contribution in [2.24, 2.45) is 0 Å². The predicted molar refractivity (Wildman–Crippen MR) is 70.2 cm³/mol. The van der Waals surface area contributed by atoms with Gasteiger partial charge in [-0.05, 0) is 30.5 Å². The van der Waals surface area contributed by atoms with Crippen LogP contribution in [0.1, 0.15) is 51.0 Å². The van der Waals surface area contributed by atoms with Crippen molar-refractivity contribution in [1.29, 1.82) is 0 Å². The second kappa shape index (κ2) is 7.56. The number of unbranched alkanes of at least 4 members (excludes halogenated alkanes) is 5. The summed E-state index contributed by atoms with van der Waals surface area (Å²) in [5.41, 5.74) is 1.22. The van der Waals surface area contributed by atoms with Crippen LogP contribution in [0.2, 0.25) is 5.02 Å². The molecule has 0 aliphatic carbocycles. The molecule has 0 spiro atoms. The summed E-state index contributed by atoms with van der Waals surface area (Å²) >= 11 is 5.85. The van der Waals surface area contributed by atoms with E-state index < -0.39 is 0 Å². The Labute approximate surface area is 103 Å². The molecule has 0 atom stereocenters. The summed E-state index contributed by atoms with van der Waals surface area (Å²) in [6, 6.07) is 5.49. The minimum atomic E-state index is 0.174. The molecular weight excluding hydrogens is 220 g/mol. The van der Waals surface area contributed by atoms with Gasteiger partial charge in [0.15, 0.2) is 0 Å². The van der Waals surface area contributed by atoms with Gasteiger partial charge in [0.1, 0.15) is 5.75 Å². The van der Waals surface area contributed by atoms with E-state index in [0.717, 1.165) is 6.42 Å². The summed E-state index contributed by atoms with van der Waals surface area (Å²) in [7, 11) is 0. The van der Waals surface area contributed by atoms with Gasteiger partial charge in [0.25, 0.3) is 0 Å². The number of benzene rings is 1. The molecule has 1 nitrogen and oxygen atoms in total. The molecule has 0 heterocycles. The highest BCUT2D eigenvalue weighted by atomic mass is 35.5. The maximum absolute atomic E-state index is 9.28. The largest absolute Gasteiger partial charge is 0.506 e. The molecule has 1 aromatic carbocycles. The Hall–Kier alpha value is -0.690. The van der Waals surface area contributed by atoms with Crippen LogP contribution in [0.3, 0.4) is 0 Å². The molecular formula is C14H21ClO. The molecule has 0 unspecified atom stereocenters. The molecule has 0 saturated heterocycles. The Balaban J connectivity index is 2.19. The zero-order valence-corrected chi connectivity index (χ0v) is 10.8. The summed E-state index contributed by atoms with van der Waals surface area (Å²) in [6.45, 7) is 2.23. The molecule has 0 saturated carbocycles. The fourth-order valence-corrected chi connectivity index (χ4v) is 2.02. The number of hydrogen-bond donors (Lipinski definition) is 1. The van der Waals surface area contributed by atoms with E-state index >= 15 is 0 Å². The van der Waals surface area contributed by atoms with Gasteiger partial charge < -0.3 is 5.11 Å². The first kappa shape index (κ1) is 13.4. The quantitative estimate of drug-likeness (QED) is 0.669. The van der Waals surface area contributed by atoms with E-state index in [-0.39, 0.29) is 5.75 Å². The first-order chi connectivity index (χ1) is 7.74. The number of halogens is 1. The third-order valence-electron chi connectivity index (χ3n) is 2.83. The van der Waals surface area contributed by atoms with Crippen LogP contribution < -0.4 is 0 Å². The number of phenolic OH excluding ortho intramolecular Hbond substituents is 1. The monoisotopic (exact) mass is 240 g/mol. The van der Waals surface area contributed by atoms with Crippen molar-refractivity contribution < 1.29 is 5.11 Å². The highest BCUT2D eigenvalue weighted by Gasteiger charge is 1.99. The Morgan fingerprint density at radius 2 is 1.75 bits per heavy atom. The van der Waals surface area contributed by atoms with Crippen LogP contribution in [0.5, 0.6) is 5.75 Å². The van der Waals surface area contributed by atoms with E-state index in [4.69, 9.17) is 11.6 Å². The van der Waals surface area contributed by atoms with Crippen molar-refractivity contribution >= 4 is 11.6 Å². The number of aromatic hydroxyl groups is 1. The molecule has 1 N–H and O–H groups in total.